The molecule has 0 aliphatic heterocycles. The topological polar surface area (TPSA) is 46.2 Å². The van der Waals surface area contributed by atoms with E-state index in [9.17, 15) is 12.8 Å². The second kappa shape index (κ2) is 5.60. The second-order valence-corrected chi connectivity index (χ2v) is 7.11. The minimum absolute atomic E-state index is 0.103. The first kappa shape index (κ1) is 14.5. The maximum absolute atomic E-state index is 12.8. The van der Waals surface area contributed by atoms with Crippen molar-refractivity contribution in [2.45, 2.75) is 4.90 Å². The van der Waals surface area contributed by atoms with Crippen LogP contribution in [-0.2, 0) is 10.0 Å². The number of benzene rings is 2. The highest BCUT2D eigenvalue weighted by atomic mass is 79.9. The van der Waals surface area contributed by atoms with Crippen molar-refractivity contribution < 1.29 is 12.8 Å². The molecule has 0 heterocycles. The van der Waals surface area contributed by atoms with Gasteiger partial charge in [-0.05, 0) is 58.4 Å². The van der Waals surface area contributed by atoms with E-state index in [0.29, 0.717) is 14.6 Å². The van der Waals surface area contributed by atoms with E-state index in [-0.39, 0.29) is 4.90 Å². The Hall–Kier alpha value is -0.920. The Labute approximate surface area is 127 Å². The van der Waals surface area contributed by atoms with Crippen molar-refractivity contribution in [2.75, 3.05) is 4.72 Å². The summed E-state index contributed by atoms with van der Waals surface area (Å²) in [5.74, 6) is -0.424. The zero-order valence-corrected chi connectivity index (χ0v) is 13.4. The van der Waals surface area contributed by atoms with Gasteiger partial charge in [-0.25, -0.2) is 12.8 Å². The summed E-state index contributed by atoms with van der Waals surface area (Å²) in [6, 6.07) is 9.93. The zero-order chi connectivity index (χ0) is 14.0. The van der Waals surface area contributed by atoms with Gasteiger partial charge in [0, 0.05) is 14.6 Å². The fraction of sp³-hybridized carbons (Fsp3) is 0. The quantitative estimate of drug-likeness (QED) is 0.828. The normalized spacial score (nSPS) is 11.3. The average Bonchev–Trinajstić information content (AvgIpc) is 2.35. The fourth-order valence-electron chi connectivity index (χ4n) is 1.41. The maximum atomic E-state index is 12.8. The summed E-state index contributed by atoms with van der Waals surface area (Å²) < 4.78 is 40.7. The highest BCUT2D eigenvalue weighted by molar-refractivity contribution is 9.11. The van der Waals surface area contributed by atoms with Gasteiger partial charge in [0.2, 0.25) is 0 Å². The minimum atomic E-state index is -3.73. The van der Waals surface area contributed by atoms with Crippen LogP contribution in [0.3, 0.4) is 0 Å². The number of nitrogens with one attached hydrogen (secondary N) is 1. The van der Waals surface area contributed by atoms with Crippen molar-refractivity contribution in [1.29, 1.82) is 0 Å². The van der Waals surface area contributed by atoms with Gasteiger partial charge in [-0.1, -0.05) is 15.9 Å². The molecule has 0 atom stereocenters. The summed E-state index contributed by atoms with van der Waals surface area (Å²) in [4.78, 5) is 0.103. The molecule has 3 nitrogen and oxygen atoms in total. The predicted octanol–water partition coefficient (Wildman–Crippen LogP) is 4.15. The molecule has 2 aromatic carbocycles. The van der Waals surface area contributed by atoms with E-state index in [1.165, 1.54) is 30.3 Å². The molecule has 0 aromatic heterocycles. The van der Waals surface area contributed by atoms with Crippen molar-refractivity contribution in [3.63, 3.8) is 0 Å². The molecular formula is C12H8Br2FNO2S. The Kier molecular flexibility index (Phi) is 4.27. The number of hydrogen-bond acceptors (Lipinski definition) is 2. The van der Waals surface area contributed by atoms with Gasteiger partial charge >= 0.3 is 0 Å². The Morgan fingerprint density at radius 1 is 1.00 bits per heavy atom. The number of sulfonamides is 1. The lowest BCUT2D eigenvalue weighted by molar-refractivity contribution is 0.600. The first-order valence-electron chi connectivity index (χ1n) is 5.12. The molecule has 0 bridgehead atoms. The van der Waals surface area contributed by atoms with Crippen LogP contribution in [0.1, 0.15) is 0 Å². The molecule has 0 saturated carbocycles. The van der Waals surface area contributed by atoms with Crippen LogP contribution >= 0.6 is 31.9 Å². The Bertz CT molecular complexity index is 702. The lowest BCUT2D eigenvalue weighted by Crippen LogP contribution is -2.13. The van der Waals surface area contributed by atoms with E-state index < -0.39 is 15.8 Å². The van der Waals surface area contributed by atoms with Gasteiger partial charge in [0.15, 0.2) is 0 Å². The number of hydrogen-bond donors (Lipinski definition) is 1. The van der Waals surface area contributed by atoms with Gasteiger partial charge < -0.3 is 0 Å². The summed E-state index contributed by atoms with van der Waals surface area (Å²) in [6.07, 6.45) is 0. The SMILES string of the molecule is O=S(=O)(Nc1ccc(F)cc1)c1cc(Br)ccc1Br. The van der Waals surface area contributed by atoms with Crippen molar-refractivity contribution in [3.05, 3.63) is 57.2 Å². The zero-order valence-electron chi connectivity index (χ0n) is 9.40. The fourth-order valence-corrected chi connectivity index (χ4v) is 3.97. The minimum Gasteiger partial charge on any atom is -0.280 e. The molecule has 0 radical (unpaired) electrons. The Balaban J connectivity index is 2.37. The monoisotopic (exact) mass is 407 g/mol. The van der Waals surface area contributed by atoms with Gasteiger partial charge in [-0.3, -0.25) is 4.72 Å². The predicted molar refractivity (Wildman–Crippen MR) is 79.1 cm³/mol. The van der Waals surface area contributed by atoms with Crippen molar-refractivity contribution in [3.8, 4) is 0 Å². The molecule has 0 spiro atoms. The van der Waals surface area contributed by atoms with Crippen molar-refractivity contribution >= 4 is 47.6 Å². The van der Waals surface area contributed by atoms with Crippen LogP contribution in [0.5, 0.6) is 0 Å². The van der Waals surface area contributed by atoms with Crippen LogP contribution in [0.4, 0.5) is 10.1 Å². The van der Waals surface area contributed by atoms with Crippen LogP contribution in [0, 0.1) is 5.82 Å². The maximum Gasteiger partial charge on any atom is 0.263 e. The molecule has 0 unspecified atom stereocenters. The lowest BCUT2D eigenvalue weighted by Gasteiger charge is -2.10. The van der Waals surface area contributed by atoms with Gasteiger partial charge in [-0.15, -0.1) is 0 Å². The van der Waals surface area contributed by atoms with Crippen LogP contribution in [0.2, 0.25) is 0 Å². The molecule has 2 aromatic rings. The van der Waals surface area contributed by atoms with E-state index in [1.807, 2.05) is 0 Å². The lowest BCUT2D eigenvalue weighted by atomic mass is 10.3. The third kappa shape index (κ3) is 3.55. The van der Waals surface area contributed by atoms with Gasteiger partial charge in [-0.2, -0.15) is 0 Å². The number of anilines is 1. The van der Waals surface area contributed by atoms with Crippen LogP contribution < -0.4 is 4.72 Å². The smallest absolute Gasteiger partial charge is 0.263 e. The van der Waals surface area contributed by atoms with E-state index >= 15 is 0 Å². The van der Waals surface area contributed by atoms with E-state index in [1.54, 1.807) is 12.1 Å². The largest absolute Gasteiger partial charge is 0.280 e. The Morgan fingerprint density at radius 3 is 2.26 bits per heavy atom. The van der Waals surface area contributed by atoms with Crippen LogP contribution in [0.15, 0.2) is 56.3 Å². The standard InChI is InChI=1S/C12H8Br2FNO2S/c13-8-1-6-11(14)12(7-8)19(17,18)16-10-4-2-9(15)3-5-10/h1-7,16H. The van der Waals surface area contributed by atoms with Crippen molar-refractivity contribution in [2.24, 2.45) is 0 Å². The molecule has 7 heteroatoms. The molecule has 100 valence electrons. The first-order chi connectivity index (χ1) is 8.88. The molecule has 0 amide bonds. The summed E-state index contributed by atoms with van der Waals surface area (Å²) >= 11 is 6.41. The number of halogens is 3. The van der Waals surface area contributed by atoms with Gasteiger partial charge in [0.05, 0.1) is 0 Å². The molecule has 2 rings (SSSR count). The molecular weight excluding hydrogens is 401 g/mol. The van der Waals surface area contributed by atoms with Crippen LogP contribution in [0.25, 0.3) is 0 Å². The molecule has 0 saturated heterocycles. The van der Waals surface area contributed by atoms with Crippen LogP contribution in [-0.4, -0.2) is 8.42 Å². The summed E-state index contributed by atoms with van der Waals surface area (Å²) in [5, 5.41) is 0. The summed E-state index contributed by atoms with van der Waals surface area (Å²) in [7, 11) is -3.73. The highest BCUT2D eigenvalue weighted by Crippen LogP contribution is 2.27. The second-order valence-electron chi connectivity index (χ2n) is 3.69. The summed E-state index contributed by atoms with van der Waals surface area (Å²) in [6.45, 7) is 0. The highest BCUT2D eigenvalue weighted by Gasteiger charge is 2.18. The third-order valence-electron chi connectivity index (χ3n) is 2.28. The molecule has 0 aliphatic rings. The van der Waals surface area contributed by atoms with Gasteiger partial charge in [0.25, 0.3) is 10.0 Å². The van der Waals surface area contributed by atoms with Crippen molar-refractivity contribution in [1.82, 2.24) is 0 Å². The third-order valence-corrected chi connectivity index (χ3v) is 5.15. The molecule has 0 aliphatic carbocycles. The molecule has 19 heavy (non-hydrogen) atoms. The van der Waals surface area contributed by atoms with Gasteiger partial charge in [0.1, 0.15) is 10.7 Å². The average molecular weight is 409 g/mol. The van der Waals surface area contributed by atoms with E-state index in [0.717, 1.165) is 0 Å². The Morgan fingerprint density at radius 2 is 1.63 bits per heavy atom. The number of rotatable bonds is 3. The van der Waals surface area contributed by atoms with E-state index in [4.69, 9.17) is 0 Å². The molecule has 0 fully saturated rings. The molecule has 1 N–H and O–H groups in total. The first-order valence-corrected chi connectivity index (χ1v) is 8.19. The summed E-state index contributed by atoms with van der Waals surface area (Å²) in [5.41, 5.74) is 0.299. The van der Waals surface area contributed by atoms with E-state index in [2.05, 4.69) is 36.6 Å².